The number of hydrogen-bond donors (Lipinski definition) is 1. The number of likely N-dealkylation sites (N-methyl/N-ethyl adjacent to an activating group) is 1. The molecule has 0 aliphatic carbocycles. The van der Waals surface area contributed by atoms with Crippen LogP contribution in [0, 0.1) is 0 Å². The molecule has 1 aliphatic rings. The molecule has 2 aromatic rings. The highest BCUT2D eigenvalue weighted by Gasteiger charge is 2.46. The molecule has 2 aromatic carbocycles. The highest BCUT2D eigenvalue weighted by atomic mass is 35.5. The molecule has 28 heavy (non-hydrogen) atoms. The number of benzene rings is 2. The first-order valence-electron chi connectivity index (χ1n) is 8.74. The Labute approximate surface area is 173 Å². The molecule has 7 heteroatoms. The molecule has 5 nitrogen and oxygen atoms in total. The van der Waals surface area contributed by atoms with E-state index in [-0.39, 0.29) is 11.3 Å². The van der Waals surface area contributed by atoms with E-state index in [0.717, 1.165) is 0 Å². The van der Waals surface area contributed by atoms with E-state index in [2.05, 4.69) is 0 Å². The van der Waals surface area contributed by atoms with Gasteiger partial charge in [-0.15, -0.1) is 0 Å². The first kappa shape index (κ1) is 20.4. The molecule has 1 atom stereocenters. The Morgan fingerprint density at radius 3 is 2.39 bits per heavy atom. The molecule has 146 valence electrons. The van der Waals surface area contributed by atoms with Crippen LogP contribution in [-0.2, 0) is 9.59 Å². The molecule has 1 N–H and O–H groups in total. The molecule has 0 aromatic heterocycles. The van der Waals surface area contributed by atoms with Crippen molar-refractivity contribution in [1.29, 1.82) is 0 Å². The molecule has 3 rings (SSSR count). The van der Waals surface area contributed by atoms with Crippen molar-refractivity contribution in [2.24, 2.45) is 0 Å². The van der Waals surface area contributed by atoms with E-state index in [1.807, 2.05) is 19.0 Å². The van der Waals surface area contributed by atoms with Crippen LogP contribution in [-0.4, -0.2) is 53.8 Å². The van der Waals surface area contributed by atoms with Crippen molar-refractivity contribution in [3.8, 4) is 0 Å². The van der Waals surface area contributed by atoms with Gasteiger partial charge in [-0.25, -0.2) is 0 Å². The van der Waals surface area contributed by atoms with Crippen LogP contribution >= 0.6 is 23.2 Å². The van der Waals surface area contributed by atoms with Crippen LogP contribution in [0.5, 0.6) is 0 Å². The number of hydrogen-bond acceptors (Lipinski definition) is 4. The summed E-state index contributed by atoms with van der Waals surface area (Å²) in [5.74, 6) is -1.60. The van der Waals surface area contributed by atoms with Gasteiger partial charge in [-0.2, -0.15) is 0 Å². The largest absolute Gasteiger partial charge is 0.507 e. The number of halogens is 2. The second-order valence-corrected chi connectivity index (χ2v) is 7.67. The number of carbonyl (C=O) groups excluding carboxylic acids is 2. The van der Waals surface area contributed by atoms with Crippen molar-refractivity contribution in [2.45, 2.75) is 6.04 Å². The van der Waals surface area contributed by atoms with Crippen LogP contribution in [0.1, 0.15) is 17.2 Å². The van der Waals surface area contributed by atoms with Crippen molar-refractivity contribution < 1.29 is 14.7 Å². The number of Topliss-reactive ketones (excluding diaryl/α,β-unsaturated/α-hetero) is 1. The fraction of sp³-hybridized carbons (Fsp3) is 0.238. The van der Waals surface area contributed by atoms with Gasteiger partial charge >= 0.3 is 0 Å². The van der Waals surface area contributed by atoms with Crippen molar-refractivity contribution in [3.63, 3.8) is 0 Å². The van der Waals surface area contributed by atoms with Crippen LogP contribution < -0.4 is 0 Å². The van der Waals surface area contributed by atoms with Crippen LogP contribution in [0.25, 0.3) is 5.76 Å². The van der Waals surface area contributed by atoms with Crippen LogP contribution in [0.3, 0.4) is 0 Å². The molecule has 1 fully saturated rings. The van der Waals surface area contributed by atoms with Gasteiger partial charge in [-0.3, -0.25) is 9.59 Å². The second-order valence-electron chi connectivity index (χ2n) is 6.83. The Morgan fingerprint density at radius 1 is 1.11 bits per heavy atom. The quantitative estimate of drug-likeness (QED) is 0.453. The van der Waals surface area contributed by atoms with Gasteiger partial charge < -0.3 is 14.9 Å². The highest BCUT2D eigenvalue weighted by Crippen LogP contribution is 2.42. The predicted octanol–water partition coefficient (Wildman–Crippen LogP) is 3.98. The van der Waals surface area contributed by atoms with Gasteiger partial charge in [0.2, 0.25) is 0 Å². The van der Waals surface area contributed by atoms with Gasteiger partial charge in [0.1, 0.15) is 5.76 Å². The Morgan fingerprint density at radius 2 is 1.79 bits per heavy atom. The zero-order valence-corrected chi connectivity index (χ0v) is 17.0. The Balaban J connectivity index is 2.18. The average Bonchev–Trinajstić information content (AvgIpc) is 2.91. The molecule has 1 heterocycles. The summed E-state index contributed by atoms with van der Waals surface area (Å²) in [4.78, 5) is 29.0. The van der Waals surface area contributed by atoms with E-state index in [1.165, 1.54) is 4.90 Å². The molecule has 0 unspecified atom stereocenters. The van der Waals surface area contributed by atoms with Gasteiger partial charge in [0.15, 0.2) is 0 Å². The normalized spacial score (nSPS) is 18.9. The molecular formula is C21H20Cl2N2O3. The number of likely N-dealkylation sites (tertiary alicyclic amines) is 1. The van der Waals surface area contributed by atoms with E-state index in [9.17, 15) is 14.7 Å². The minimum Gasteiger partial charge on any atom is -0.507 e. The standard InChI is InChI=1S/C21H20Cl2N2O3/c1-24(2)10-11-25-18(15-9-8-14(22)12-16(15)23)17(20(27)21(25)28)19(26)13-6-4-3-5-7-13/h3-9,12,18,26H,10-11H2,1-2H3/t18-/m1/s1. The smallest absolute Gasteiger partial charge is 0.295 e. The summed E-state index contributed by atoms with van der Waals surface area (Å²) >= 11 is 12.4. The van der Waals surface area contributed by atoms with E-state index >= 15 is 0 Å². The van der Waals surface area contributed by atoms with Crippen molar-refractivity contribution >= 4 is 40.7 Å². The fourth-order valence-corrected chi connectivity index (χ4v) is 3.73. The van der Waals surface area contributed by atoms with E-state index in [0.29, 0.717) is 34.3 Å². The number of rotatable bonds is 5. The van der Waals surface area contributed by atoms with Gasteiger partial charge in [-0.1, -0.05) is 59.6 Å². The lowest BCUT2D eigenvalue weighted by Gasteiger charge is -2.27. The molecule has 1 saturated heterocycles. The summed E-state index contributed by atoms with van der Waals surface area (Å²) in [5, 5.41) is 11.7. The average molecular weight is 419 g/mol. The topological polar surface area (TPSA) is 60.9 Å². The number of aliphatic hydroxyl groups is 1. The fourth-order valence-electron chi connectivity index (χ4n) is 3.22. The highest BCUT2D eigenvalue weighted by molar-refractivity contribution is 6.47. The summed E-state index contributed by atoms with van der Waals surface area (Å²) in [7, 11) is 3.76. The van der Waals surface area contributed by atoms with Gasteiger partial charge in [0.25, 0.3) is 11.7 Å². The predicted molar refractivity (Wildman–Crippen MR) is 110 cm³/mol. The maximum Gasteiger partial charge on any atom is 0.295 e. The molecule has 0 spiro atoms. The zero-order valence-electron chi connectivity index (χ0n) is 15.5. The van der Waals surface area contributed by atoms with E-state index in [1.54, 1.807) is 48.5 Å². The third-order valence-electron chi connectivity index (χ3n) is 4.63. The van der Waals surface area contributed by atoms with Crippen LogP contribution in [0.15, 0.2) is 54.1 Å². The van der Waals surface area contributed by atoms with Crippen molar-refractivity contribution in [3.05, 3.63) is 75.3 Å². The van der Waals surface area contributed by atoms with Gasteiger partial charge in [-0.05, 0) is 31.8 Å². The maximum atomic E-state index is 12.8. The molecule has 0 saturated carbocycles. The molecule has 1 amide bonds. The van der Waals surface area contributed by atoms with Gasteiger partial charge in [0.05, 0.1) is 11.6 Å². The lowest BCUT2D eigenvalue weighted by molar-refractivity contribution is -0.140. The molecule has 0 radical (unpaired) electrons. The van der Waals surface area contributed by atoms with Crippen molar-refractivity contribution in [2.75, 3.05) is 27.2 Å². The first-order valence-corrected chi connectivity index (χ1v) is 9.50. The molecule has 0 bridgehead atoms. The summed E-state index contributed by atoms with van der Waals surface area (Å²) in [6.45, 7) is 0.868. The Kier molecular flexibility index (Phi) is 6.08. The summed E-state index contributed by atoms with van der Waals surface area (Å²) < 4.78 is 0. The zero-order chi connectivity index (χ0) is 20.4. The summed E-state index contributed by atoms with van der Waals surface area (Å²) in [6.07, 6.45) is 0. The number of aliphatic hydroxyl groups excluding tert-OH is 1. The van der Waals surface area contributed by atoms with Crippen molar-refractivity contribution in [1.82, 2.24) is 9.80 Å². The lowest BCUT2D eigenvalue weighted by atomic mass is 9.95. The minimum absolute atomic E-state index is 0.0270. The number of nitrogens with zero attached hydrogens (tertiary/aromatic N) is 2. The number of carbonyl (C=O) groups is 2. The van der Waals surface area contributed by atoms with E-state index in [4.69, 9.17) is 23.2 Å². The minimum atomic E-state index is -0.787. The number of ketones is 1. The third kappa shape index (κ3) is 3.92. The van der Waals surface area contributed by atoms with E-state index < -0.39 is 17.7 Å². The lowest BCUT2D eigenvalue weighted by Crippen LogP contribution is -2.35. The maximum absolute atomic E-state index is 12.8. The SMILES string of the molecule is CN(C)CCN1C(=O)C(=O)C(=C(O)c2ccccc2)[C@H]1c1ccc(Cl)cc1Cl. The number of amides is 1. The monoisotopic (exact) mass is 418 g/mol. The first-order chi connectivity index (χ1) is 13.3. The van der Waals surface area contributed by atoms with Crippen LogP contribution in [0.2, 0.25) is 10.0 Å². The van der Waals surface area contributed by atoms with Crippen LogP contribution in [0.4, 0.5) is 0 Å². The summed E-state index contributed by atoms with van der Waals surface area (Å²) in [5.41, 5.74) is 1.03. The Hall–Kier alpha value is -2.34. The molecular weight excluding hydrogens is 399 g/mol. The molecule has 1 aliphatic heterocycles. The second kappa shape index (κ2) is 8.35. The Bertz CT molecular complexity index is 942. The summed E-state index contributed by atoms with van der Waals surface area (Å²) in [6, 6.07) is 12.8. The third-order valence-corrected chi connectivity index (χ3v) is 5.19. The van der Waals surface area contributed by atoms with Gasteiger partial charge in [0, 0.05) is 28.7 Å².